The van der Waals surface area contributed by atoms with Crippen molar-refractivity contribution in [2.24, 2.45) is 4.99 Å². The van der Waals surface area contributed by atoms with Gasteiger partial charge >= 0.3 is 0 Å². The Morgan fingerprint density at radius 1 is 0.971 bits per heavy atom. The molecule has 1 aromatic heterocycles. The molecule has 2 aromatic rings. The highest BCUT2D eigenvalue weighted by atomic mass is 32.1. The Bertz CT molecular complexity index is 945. The Morgan fingerprint density at radius 3 is 2.29 bits per heavy atom. The van der Waals surface area contributed by atoms with Crippen molar-refractivity contribution in [3.05, 3.63) is 35.5 Å². The number of hydrazine groups is 1. The molecule has 0 fully saturated rings. The summed E-state index contributed by atoms with van der Waals surface area (Å²) in [5.41, 5.74) is 2.98. The minimum atomic E-state index is -0.233. The predicted molar refractivity (Wildman–Crippen MR) is 147 cm³/mol. The first-order chi connectivity index (χ1) is 16.7. The summed E-state index contributed by atoms with van der Waals surface area (Å²) in [6, 6.07) is 6.52. The number of thiazole rings is 1. The van der Waals surface area contributed by atoms with Crippen LogP contribution in [-0.2, 0) is 0 Å². The van der Waals surface area contributed by atoms with Crippen LogP contribution >= 0.6 is 11.3 Å². The summed E-state index contributed by atoms with van der Waals surface area (Å²) >= 11 is 1.61. The normalized spacial score (nSPS) is 18.8. The van der Waals surface area contributed by atoms with Crippen LogP contribution in [0.4, 0.5) is 9.52 Å². The predicted octanol–water partition coefficient (Wildman–Crippen LogP) is 4.34. The van der Waals surface area contributed by atoms with Gasteiger partial charge < -0.3 is 14.7 Å². The quantitative estimate of drug-likeness (QED) is 0.405. The summed E-state index contributed by atoms with van der Waals surface area (Å²) in [6.45, 7) is 8.71. The fourth-order valence-electron chi connectivity index (χ4n) is 4.43. The Balaban J connectivity index is 1.68. The van der Waals surface area contributed by atoms with E-state index in [0.29, 0.717) is 0 Å². The summed E-state index contributed by atoms with van der Waals surface area (Å²) in [6.07, 6.45) is 3.16. The van der Waals surface area contributed by atoms with Crippen LogP contribution in [0.1, 0.15) is 33.1 Å². The number of likely N-dealkylation sites (N-methyl/N-ethyl adjacent to an activating group) is 2. The summed E-state index contributed by atoms with van der Waals surface area (Å²) in [5, 5.41) is 7.53. The molecular weight excluding hydrogens is 461 g/mol. The SMILES string of the molecule is CCC1=NC(CCCN(C)CCN(C)CC)N(N(C)C)C1N(C)c1nc(-c2ccc(F)cc2)cs1. The molecule has 194 valence electrons. The second-order valence-electron chi connectivity index (χ2n) is 9.53. The smallest absolute Gasteiger partial charge is 0.187 e. The second kappa shape index (κ2) is 12.9. The second-order valence-corrected chi connectivity index (χ2v) is 10.4. The third kappa shape index (κ3) is 7.07. The number of hydrogen-bond acceptors (Lipinski definition) is 8. The first kappa shape index (κ1) is 27.7. The molecule has 3 rings (SSSR count). The van der Waals surface area contributed by atoms with Crippen molar-refractivity contribution in [1.29, 1.82) is 0 Å². The van der Waals surface area contributed by atoms with E-state index < -0.39 is 0 Å². The van der Waals surface area contributed by atoms with E-state index in [2.05, 4.69) is 73.8 Å². The van der Waals surface area contributed by atoms with Crippen LogP contribution in [0.25, 0.3) is 11.3 Å². The van der Waals surface area contributed by atoms with Crippen LogP contribution in [0.3, 0.4) is 0 Å². The van der Waals surface area contributed by atoms with Crippen molar-refractivity contribution < 1.29 is 4.39 Å². The summed E-state index contributed by atoms with van der Waals surface area (Å²) in [7, 11) is 10.7. The van der Waals surface area contributed by atoms with E-state index in [4.69, 9.17) is 9.98 Å². The fourth-order valence-corrected chi connectivity index (χ4v) is 5.25. The summed E-state index contributed by atoms with van der Waals surface area (Å²) in [5.74, 6) is -0.233. The number of rotatable bonds is 13. The van der Waals surface area contributed by atoms with Gasteiger partial charge in [-0.1, -0.05) is 13.8 Å². The monoisotopic (exact) mass is 503 g/mol. The van der Waals surface area contributed by atoms with E-state index in [0.717, 1.165) is 61.8 Å². The fraction of sp³-hybridized carbons (Fsp3) is 0.615. The van der Waals surface area contributed by atoms with E-state index in [1.807, 2.05) is 5.38 Å². The van der Waals surface area contributed by atoms with Crippen LogP contribution in [0.2, 0.25) is 0 Å². The topological polar surface area (TPSA) is 41.5 Å². The van der Waals surface area contributed by atoms with Crippen LogP contribution < -0.4 is 4.90 Å². The van der Waals surface area contributed by atoms with Crippen LogP contribution in [0.15, 0.2) is 34.6 Å². The molecule has 2 unspecified atom stereocenters. The Morgan fingerprint density at radius 2 is 1.66 bits per heavy atom. The third-order valence-corrected chi connectivity index (χ3v) is 7.63. The van der Waals surface area contributed by atoms with E-state index in [-0.39, 0.29) is 18.1 Å². The molecule has 0 N–H and O–H groups in total. The third-order valence-electron chi connectivity index (χ3n) is 6.70. The molecule has 1 aromatic carbocycles. The lowest BCUT2D eigenvalue weighted by molar-refractivity contribution is -0.0251. The lowest BCUT2D eigenvalue weighted by Crippen LogP contribution is -2.55. The molecule has 2 heterocycles. The van der Waals surface area contributed by atoms with E-state index in [1.54, 1.807) is 23.5 Å². The van der Waals surface area contributed by atoms with Crippen molar-refractivity contribution in [3.8, 4) is 11.3 Å². The Hall–Kier alpha value is -1.91. The van der Waals surface area contributed by atoms with Crippen molar-refractivity contribution in [2.75, 3.05) is 66.3 Å². The van der Waals surface area contributed by atoms with E-state index >= 15 is 0 Å². The highest BCUT2D eigenvalue weighted by Gasteiger charge is 2.40. The Labute approximate surface area is 214 Å². The average Bonchev–Trinajstić information content (AvgIpc) is 3.48. The van der Waals surface area contributed by atoms with Gasteiger partial charge in [-0.3, -0.25) is 4.99 Å². The molecule has 35 heavy (non-hydrogen) atoms. The van der Waals surface area contributed by atoms with Crippen LogP contribution in [0, 0.1) is 5.82 Å². The lowest BCUT2D eigenvalue weighted by atomic mass is 10.2. The van der Waals surface area contributed by atoms with Crippen molar-refractivity contribution >= 4 is 22.2 Å². The number of halogens is 1. The van der Waals surface area contributed by atoms with Gasteiger partial charge in [-0.25, -0.2) is 14.4 Å². The molecular formula is C26H42FN7S. The van der Waals surface area contributed by atoms with Crippen LogP contribution in [0.5, 0.6) is 0 Å². The number of benzene rings is 1. The highest BCUT2D eigenvalue weighted by Crippen LogP contribution is 2.32. The maximum atomic E-state index is 13.3. The van der Waals surface area contributed by atoms with Crippen molar-refractivity contribution in [2.45, 2.75) is 45.4 Å². The first-order valence-corrected chi connectivity index (χ1v) is 13.5. The highest BCUT2D eigenvalue weighted by molar-refractivity contribution is 7.14. The zero-order chi connectivity index (χ0) is 25.5. The van der Waals surface area contributed by atoms with Gasteiger partial charge in [-0.2, -0.15) is 5.01 Å². The molecule has 0 saturated carbocycles. The number of aliphatic imine (C=N–C) groups is 1. The van der Waals surface area contributed by atoms with Gasteiger partial charge in [0.2, 0.25) is 0 Å². The minimum Gasteiger partial charge on any atom is -0.329 e. The molecule has 1 aliphatic rings. The summed E-state index contributed by atoms with van der Waals surface area (Å²) in [4.78, 5) is 17.0. The lowest BCUT2D eigenvalue weighted by Gasteiger charge is -2.39. The van der Waals surface area contributed by atoms with Gasteiger partial charge in [0, 0.05) is 45.2 Å². The van der Waals surface area contributed by atoms with Gasteiger partial charge in [-0.15, -0.1) is 11.3 Å². The van der Waals surface area contributed by atoms with Gasteiger partial charge in [0.15, 0.2) is 5.13 Å². The number of anilines is 1. The largest absolute Gasteiger partial charge is 0.329 e. The maximum Gasteiger partial charge on any atom is 0.187 e. The number of aromatic nitrogens is 1. The molecule has 0 spiro atoms. The standard InChI is InChI=1S/C26H42FN7S/c1-8-22-25(33(7)26-29-23(19-35-26)20-12-14-21(27)15-13-20)34(30(3)4)24(28-22)11-10-16-32(6)18-17-31(5)9-2/h12-15,19,24-25H,8-11,16-18H2,1-7H3. The molecule has 7 nitrogen and oxygen atoms in total. The average molecular weight is 504 g/mol. The van der Waals surface area contributed by atoms with Gasteiger partial charge in [0.05, 0.1) is 11.4 Å². The maximum absolute atomic E-state index is 13.3. The zero-order valence-electron chi connectivity index (χ0n) is 22.4. The van der Waals surface area contributed by atoms with E-state index in [1.165, 1.54) is 17.8 Å². The molecule has 0 radical (unpaired) electrons. The molecule has 0 amide bonds. The molecule has 1 aliphatic heterocycles. The molecule has 0 aliphatic carbocycles. The molecule has 9 heteroatoms. The Kier molecular flexibility index (Phi) is 10.2. The van der Waals surface area contributed by atoms with Gasteiger partial charge in [-0.05, 0) is 70.7 Å². The first-order valence-electron chi connectivity index (χ1n) is 12.6. The summed E-state index contributed by atoms with van der Waals surface area (Å²) < 4.78 is 13.3. The van der Waals surface area contributed by atoms with Crippen molar-refractivity contribution in [3.63, 3.8) is 0 Å². The molecule has 2 atom stereocenters. The number of nitrogens with zero attached hydrogens (tertiary/aromatic N) is 7. The minimum absolute atomic E-state index is 0.0307. The van der Waals surface area contributed by atoms with E-state index in [9.17, 15) is 4.39 Å². The van der Waals surface area contributed by atoms with Gasteiger partial charge in [0.25, 0.3) is 0 Å². The van der Waals surface area contributed by atoms with Crippen LogP contribution in [-0.4, -0.2) is 104 Å². The molecule has 0 bridgehead atoms. The number of hydrogen-bond donors (Lipinski definition) is 0. The zero-order valence-corrected chi connectivity index (χ0v) is 23.2. The van der Waals surface area contributed by atoms with Crippen molar-refractivity contribution in [1.82, 2.24) is 24.8 Å². The van der Waals surface area contributed by atoms with Gasteiger partial charge in [0.1, 0.15) is 18.1 Å². The molecule has 0 saturated heterocycles.